The number of halogens is 1. The molecule has 3 nitrogen and oxygen atoms in total. The van der Waals surface area contributed by atoms with Crippen LogP contribution in [0.5, 0.6) is 0 Å². The number of hydrogen-bond donors (Lipinski definition) is 0. The van der Waals surface area contributed by atoms with Crippen LogP contribution in [0.15, 0.2) is 6.07 Å². The zero-order chi connectivity index (χ0) is 11.3. The van der Waals surface area contributed by atoms with Crippen molar-refractivity contribution in [3.05, 3.63) is 22.7 Å². The monoisotopic (exact) mass is 228 g/mol. The Hall–Kier alpha value is -0.670. The molecule has 1 aromatic rings. The van der Waals surface area contributed by atoms with E-state index < -0.39 is 0 Å². The van der Waals surface area contributed by atoms with E-state index in [0.29, 0.717) is 11.0 Å². The zero-order valence-electron chi connectivity index (χ0n) is 9.46. The number of rotatable bonds is 5. The summed E-state index contributed by atoms with van der Waals surface area (Å²) in [6.45, 7) is 4.15. The van der Waals surface area contributed by atoms with Crippen molar-refractivity contribution in [2.24, 2.45) is 0 Å². The van der Waals surface area contributed by atoms with Gasteiger partial charge in [0.15, 0.2) is 5.82 Å². The molecule has 1 unspecified atom stereocenters. The van der Waals surface area contributed by atoms with E-state index in [1.165, 1.54) is 0 Å². The minimum Gasteiger partial charge on any atom is -0.373 e. The van der Waals surface area contributed by atoms with E-state index in [1.54, 1.807) is 13.2 Å². The maximum atomic E-state index is 5.92. The summed E-state index contributed by atoms with van der Waals surface area (Å²) < 4.78 is 5.35. The van der Waals surface area contributed by atoms with Gasteiger partial charge in [0.2, 0.25) is 0 Å². The van der Waals surface area contributed by atoms with Gasteiger partial charge in [-0.3, -0.25) is 0 Å². The lowest BCUT2D eigenvalue weighted by Gasteiger charge is -2.13. The topological polar surface area (TPSA) is 35.0 Å². The first kappa shape index (κ1) is 12.4. The van der Waals surface area contributed by atoms with Crippen molar-refractivity contribution in [3.8, 4) is 0 Å². The summed E-state index contributed by atoms with van der Waals surface area (Å²) in [6.07, 6.45) is 2.77. The first-order valence-electron chi connectivity index (χ1n) is 5.27. The average molecular weight is 229 g/mol. The molecular weight excluding hydrogens is 212 g/mol. The minimum absolute atomic E-state index is 0.0426. The van der Waals surface area contributed by atoms with Crippen molar-refractivity contribution in [3.63, 3.8) is 0 Å². The zero-order valence-corrected chi connectivity index (χ0v) is 10.2. The van der Waals surface area contributed by atoms with E-state index in [4.69, 9.17) is 16.3 Å². The third-order valence-corrected chi connectivity index (χ3v) is 2.44. The van der Waals surface area contributed by atoms with Gasteiger partial charge in [-0.25, -0.2) is 9.97 Å². The molecular formula is C11H17ClN2O. The van der Waals surface area contributed by atoms with Crippen LogP contribution in [0.25, 0.3) is 0 Å². The summed E-state index contributed by atoms with van der Waals surface area (Å²) in [5, 5.41) is 0.495. The maximum absolute atomic E-state index is 5.92. The molecule has 0 aromatic carbocycles. The molecule has 1 heterocycles. The highest BCUT2D eigenvalue weighted by molar-refractivity contribution is 6.29. The van der Waals surface area contributed by atoms with Crippen molar-refractivity contribution in [2.75, 3.05) is 7.11 Å². The van der Waals surface area contributed by atoms with Crippen molar-refractivity contribution in [1.82, 2.24) is 9.97 Å². The van der Waals surface area contributed by atoms with Gasteiger partial charge in [-0.1, -0.05) is 31.9 Å². The lowest BCUT2D eigenvalue weighted by atomic mass is 10.2. The van der Waals surface area contributed by atoms with Crippen molar-refractivity contribution in [1.29, 1.82) is 0 Å². The second-order valence-corrected chi connectivity index (χ2v) is 3.79. The highest BCUT2D eigenvalue weighted by atomic mass is 35.5. The third kappa shape index (κ3) is 3.43. The number of ether oxygens (including phenoxy) is 1. The molecule has 0 saturated heterocycles. The standard InChI is InChI=1S/C11H17ClN2O/c1-4-6-9(15-3)11-13-8(5-2)7-10(12)14-11/h7,9H,4-6H2,1-3H3. The lowest BCUT2D eigenvalue weighted by molar-refractivity contribution is 0.0874. The molecule has 1 aromatic heterocycles. The smallest absolute Gasteiger partial charge is 0.159 e. The summed E-state index contributed by atoms with van der Waals surface area (Å²) in [6, 6.07) is 1.80. The predicted molar refractivity (Wildman–Crippen MR) is 61.1 cm³/mol. The Morgan fingerprint density at radius 2 is 2.13 bits per heavy atom. The van der Waals surface area contributed by atoms with Crippen LogP contribution in [-0.4, -0.2) is 17.1 Å². The van der Waals surface area contributed by atoms with Crippen molar-refractivity contribution in [2.45, 2.75) is 39.2 Å². The number of aryl methyl sites for hydroxylation is 1. The highest BCUT2D eigenvalue weighted by Crippen LogP contribution is 2.20. The van der Waals surface area contributed by atoms with Gasteiger partial charge < -0.3 is 4.74 Å². The second-order valence-electron chi connectivity index (χ2n) is 3.41. The Labute approximate surface area is 95.8 Å². The molecule has 0 aliphatic heterocycles. The molecule has 0 amide bonds. The van der Waals surface area contributed by atoms with Gasteiger partial charge in [0.1, 0.15) is 11.3 Å². The molecule has 0 bridgehead atoms. The van der Waals surface area contributed by atoms with Crippen LogP contribution >= 0.6 is 11.6 Å². The lowest BCUT2D eigenvalue weighted by Crippen LogP contribution is -2.08. The van der Waals surface area contributed by atoms with Crippen LogP contribution in [0.4, 0.5) is 0 Å². The van der Waals surface area contributed by atoms with Gasteiger partial charge in [0.25, 0.3) is 0 Å². The predicted octanol–water partition coefficient (Wildman–Crippen LogP) is 3.18. The molecule has 0 N–H and O–H groups in total. The number of nitrogens with zero attached hydrogens (tertiary/aromatic N) is 2. The molecule has 15 heavy (non-hydrogen) atoms. The Balaban J connectivity index is 2.95. The van der Waals surface area contributed by atoms with Crippen LogP contribution < -0.4 is 0 Å². The van der Waals surface area contributed by atoms with Crippen LogP contribution in [0, 0.1) is 0 Å². The van der Waals surface area contributed by atoms with Gasteiger partial charge >= 0.3 is 0 Å². The Bertz CT molecular complexity index is 317. The molecule has 0 aliphatic rings. The average Bonchev–Trinajstić information content (AvgIpc) is 2.24. The fourth-order valence-electron chi connectivity index (χ4n) is 1.42. The minimum atomic E-state index is -0.0426. The van der Waals surface area contributed by atoms with Gasteiger partial charge in [0.05, 0.1) is 0 Å². The van der Waals surface area contributed by atoms with E-state index in [1.807, 2.05) is 6.92 Å². The maximum Gasteiger partial charge on any atom is 0.159 e. The Morgan fingerprint density at radius 1 is 1.40 bits per heavy atom. The molecule has 1 atom stereocenters. The SMILES string of the molecule is CCCC(OC)c1nc(Cl)cc(CC)n1. The van der Waals surface area contributed by atoms with E-state index in [9.17, 15) is 0 Å². The van der Waals surface area contributed by atoms with E-state index >= 15 is 0 Å². The normalized spacial score (nSPS) is 12.8. The number of methoxy groups -OCH3 is 1. The van der Waals surface area contributed by atoms with Crippen LogP contribution in [0.2, 0.25) is 5.15 Å². The second kappa shape index (κ2) is 6.03. The number of hydrogen-bond acceptors (Lipinski definition) is 3. The molecule has 4 heteroatoms. The molecule has 0 saturated carbocycles. The summed E-state index contributed by atoms with van der Waals surface area (Å²) in [4.78, 5) is 8.62. The first-order chi connectivity index (χ1) is 7.21. The fourth-order valence-corrected chi connectivity index (χ4v) is 1.64. The van der Waals surface area contributed by atoms with Crippen molar-refractivity contribution >= 4 is 11.6 Å². The quantitative estimate of drug-likeness (QED) is 0.726. The van der Waals surface area contributed by atoms with Gasteiger partial charge in [-0.2, -0.15) is 0 Å². The molecule has 0 spiro atoms. The summed E-state index contributed by atoms with van der Waals surface area (Å²) in [7, 11) is 1.68. The van der Waals surface area contributed by atoms with E-state index in [-0.39, 0.29) is 6.10 Å². The molecule has 0 fully saturated rings. The first-order valence-corrected chi connectivity index (χ1v) is 5.65. The van der Waals surface area contributed by atoms with Crippen LogP contribution in [0.3, 0.4) is 0 Å². The fraction of sp³-hybridized carbons (Fsp3) is 0.636. The highest BCUT2D eigenvalue weighted by Gasteiger charge is 2.14. The van der Waals surface area contributed by atoms with Gasteiger partial charge in [-0.05, 0) is 18.9 Å². The molecule has 84 valence electrons. The van der Waals surface area contributed by atoms with E-state index in [0.717, 1.165) is 25.0 Å². The largest absolute Gasteiger partial charge is 0.373 e. The van der Waals surface area contributed by atoms with Crippen LogP contribution in [0.1, 0.15) is 44.3 Å². The summed E-state index contributed by atoms with van der Waals surface area (Å²) in [5.74, 6) is 0.698. The number of aromatic nitrogens is 2. The van der Waals surface area contributed by atoms with E-state index in [2.05, 4.69) is 16.9 Å². The molecule has 0 radical (unpaired) electrons. The molecule has 1 rings (SSSR count). The molecule has 0 aliphatic carbocycles. The van der Waals surface area contributed by atoms with Gasteiger partial charge in [0, 0.05) is 12.8 Å². The van der Waals surface area contributed by atoms with Crippen molar-refractivity contribution < 1.29 is 4.74 Å². The summed E-state index contributed by atoms with van der Waals surface area (Å²) in [5.41, 5.74) is 0.961. The Kier molecular flexibility index (Phi) is 4.99. The van der Waals surface area contributed by atoms with Gasteiger partial charge in [-0.15, -0.1) is 0 Å². The Morgan fingerprint density at radius 3 is 2.67 bits per heavy atom. The van der Waals surface area contributed by atoms with Crippen LogP contribution in [-0.2, 0) is 11.2 Å². The third-order valence-electron chi connectivity index (χ3n) is 2.25. The summed E-state index contributed by atoms with van der Waals surface area (Å²) >= 11 is 5.92.